The molecule has 0 spiro atoms. The fourth-order valence-electron chi connectivity index (χ4n) is 2.99. The van der Waals surface area contributed by atoms with Crippen molar-refractivity contribution in [3.8, 4) is 0 Å². The second-order valence-corrected chi connectivity index (χ2v) is 5.92. The first-order chi connectivity index (χ1) is 11.2. The van der Waals surface area contributed by atoms with E-state index in [1.54, 1.807) is 6.07 Å². The van der Waals surface area contributed by atoms with Crippen molar-refractivity contribution >= 4 is 17.4 Å². The van der Waals surface area contributed by atoms with Crippen LogP contribution in [0.2, 0.25) is 0 Å². The van der Waals surface area contributed by atoms with Crippen molar-refractivity contribution in [2.45, 2.75) is 39.2 Å². The lowest BCUT2D eigenvalue weighted by Gasteiger charge is -2.23. The molecule has 3 rings (SSSR count). The summed E-state index contributed by atoms with van der Waals surface area (Å²) in [6.07, 6.45) is 4.48. The molecule has 5 heteroatoms. The summed E-state index contributed by atoms with van der Waals surface area (Å²) in [4.78, 5) is 22.9. The standard InChI is InChI=1S/C18H22N4O/c1-3-4-9-19-18(23)15-11-17(21-12-20-15)22-13(2)10-14-7-5-6-8-16(14)22/h5-8,11-13H,3-4,9-10H2,1-2H3,(H,19,23). The van der Waals surface area contributed by atoms with Gasteiger partial charge in [-0.1, -0.05) is 31.5 Å². The fourth-order valence-corrected chi connectivity index (χ4v) is 2.99. The molecule has 1 atom stereocenters. The van der Waals surface area contributed by atoms with Crippen LogP contribution < -0.4 is 10.2 Å². The van der Waals surface area contributed by atoms with Crippen LogP contribution in [0.4, 0.5) is 11.5 Å². The number of unbranched alkanes of at least 4 members (excludes halogenated alkanes) is 1. The highest BCUT2D eigenvalue weighted by molar-refractivity contribution is 5.93. The van der Waals surface area contributed by atoms with Gasteiger partial charge in [-0.15, -0.1) is 0 Å². The smallest absolute Gasteiger partial charge is 0.270 e. The molecule has 0 fully saturated rings. The minimum absolute atomic E-state index is 0.137. The maximum Gasteiger partial charge on any atom is 0.270 e. The molecule has 120 valence electrons. The van der Waals surface area contributed by atoms with Gasteiger partial charge in [0.15, 0.2) is 0 Å². The zero-order valence-electron chi connectivity index (χ0n) is 13.6. The van der Waals surface area contributed by atoms with E-state index in [0.717, 1.165) is 30.8 Å². The molecular weight excluding hydrogens is 288 g/mol. The van der Waals surface area contributed by atoms with Crippen LogP contribution in [0.25, 0.3) is 0 Å². The largest absolute Gasteiger partial charge is 0.351 e. The van der Waals surface area contributed by atoms with Crippen molar-refractivity contribution in [3.05, 3.63) is 47.9 Å². The Hall–Kier alpha value is -2.43. The van der Waals surface area contributed by atoms with Crippen molar-refractivity contribution in [1.82, 2.24) is 15.3 Å². The number of para-hydroxylation sites is 1. The lowest BCUT2D eigenvalue weighted by atomic mass is 10.1. The third kappa shape index (κ3) is 3.18. The summed E-state index contributed by atoms with van der Waals surface area (Å²) in [6, 6.07) is 10.4. The van der Waals surface area contributed by atoms with Gasteiger partial charge in [-0.3, -0.25) is 4.79 Å². The van der Waals surface area contributed by atoms with E-state index in [1.807, 2.05) is 6.07 Å². The zero-order valence-corrected chi connectivity index (χ0v) is 13.6. The monoisotopic (exact) mass is 310 g/mol. The number of carbonyl (C=O) groups is 1. The van der Waals surface area contributed by atoms with Gasteiger partial charge in [0.25, 0.3) is 5.91 Å². The molecule has 0 bridgehead atoms. The maximum atomic E-state index is 12.2. The first kappa shape index (κ1) is 15.5. The average molecular weight is 310 g/mol. The van der Waals surface area contributed by atoms with Gasteiger partial charge < -0.3 is 10.2 Å². The Morgan fingerprint density at radius 1 is 1.35 bits per heavy atom. The first-order valence-electron chi connectivity index (χ1n) is 8.18. The first-order valence-corrected chi connectivity index (χ1v) is 8.18. The molecule has 1 aliphatic rings. The topological polar surface area (TPSA) is 58.1 Å². The Morgan fingerprint density at radius 2 is 2.17 bits per heavy atom. The van der Waals surface area contributed by atoms with Crippen LogP contribution in [-0.2, 0) is 6.42 Å². The van der Waals surface area contributed by atoms with Crippen LogP contribution in [0.1, 0.15) is 42.7 Å². The molecule has 0 saturated heterocycles. The number of anilines is 2. The molecule has 1 aliphatic heterocycles. The molecule has 2 heterocycles. The third-order valence-corrected chi connectivity index (χ3v) is 4.16. The summed E-state index contributed by atoms with van der Waals surface area (Å²) < 4.78 is 0. The number of benzene rings is 1. The number of carbonyl (C=O) groups excluding carboxylic acids is 1. The number of fused-ring (bicyclic) bond motifs is 1. The van der Waals surface area contributed by atoms with Crippen molar-refractivity contribution in [3.63, 3.8) is 0 Å². The van der Waals surface area contributed by atoms with Crippen molar-refractivity contribution < 1.29 is 4.79 Å². The van der Waals surface area contributed by atoms with Gasteiger partial charge in [0.2, 0.25) is 0 Å². The fraction of sp³-hybridized carbons (Fsp3) is 0.389. The summed E-state index contributed by atoms with van der Waals surface area (Å²) in [5, 5.41) is 2.90. The Labute approximate surface area is 136 Å². The highest BCUT2D eigenvalue weighted by atomic mass is 16.1. The van der Waals surface area contributed by atoms with Gasteiger partial charge in [0, 0.05) is 24.3 Å². The van der Waals surface area contributed by atoms with Gasteiger partial charge in [-0.2, -0.15) is 0 Å². The minimum atomic E-state index is -0.137. The molecule has 2 aromatic rings. The highest BCUT2D eigenvalue weighted by Gasteiger charge is 2.28. The van der Waals surface area contributed by atoms with E-state index in [1.165, 1.54) is 11.9 Å². The summed E-state index contributed by atoms with van der Waals surface area (Å²) in [5.74, 6) is 0.639. The number of hydrogen-bond donors (Lipinski definition) is 1. The van der Waals surface area contributed by atoms with E-state index in [0.29, 0.717) is 18.3 Å². The Bertz CT molecular complexity index is 701. The van der Waals surface area contributed by atoms with Crippen LogP contribution >= 0.6 is 0 Å². The summed E-state index contributed by atoms with van der Waals surface area (Å²) in [5.41, 5.74) is 2.89. The second kappa shape index (κ2) is 6.77. The van der Waals surface area contributed by atoms with E-state index >= 15 is 0 Å². The summed E-state index contributed by atoms with van der Waals surface area (Å²) in [7, 11) is 0. The van der Waals surface area contributed by atoms with E-state index in [9.17, 15) is 4.79 Å². The van der Waals surface area contributed by atoms with Gasteiger partial charge in [0.05, 0.1) is 0 Å². The molecular formula is C18H22N4O. The number of aromatic nitrogens is 2. The van der Waals surface area contributed by atoms with Crippen molar-refractivity contribution in [1.29, 1.82) is 0 Å². The quantitative estimate of drug-likeness (QED) is 0.862. The number of hydrogen-bond acceptors (Lipinski definition) is 4. The third-order valence-electron chi connectivity index (χ3n) is 4.16. The maximum absolute atomic E-state index is 12.2. The van der Waals surface area contributed by atoms with E-state index < -0.39 is 0 Å². The zero-order chi connectivity index (χ0) is 16.2. The SMILES string of the molecule is CCCCNC(=O)c1cc(N2c3ccccc3CC2C)ncn1. The van der Waals surface area contributed by atoms with E-state index in [2.05, 4.69) is 52.2 Å². The molecule has 5 nitrogen and oxygen atoms in total. The second-order valence-electron chi connectivity index (χ2n) is 5.92. The predicted octanol–water partition coefficient (Wildman–Crippen LogP) is 3.09. The van der Waals surface area contributed by atoms with Crippen LogP contribution in [0.3, 0.4) is 0 Å². The predicted molar refractivity (Wildman–Crippen MR) is 91.0 cm³/mol. The molecule has 1 aromatic heterocycles. The number of nitrogens with one attached hydrogen (secondary N) is 1. The number of rotatable bonds is 5. The van der Waals surface area contributed by atoms with Gasteiger partial charge in [0.1, 0.15) is 17.8 Å². The van der Waals surface area contributed by atoms with E-state index in [-0.39, 0.29) is 5.91 Å². The molecule has 1 amide bonds. The average Bonchev–Trinajstić information content (AvgIpc) is 2.91. The normalized spacial score (nSPS) is 16.3. The number of amides is 1. The Balaban J connectivity index is 1.84. The molecule has 1 aromatic carbocycles. The molecule has 0 aliphatic carbocycles. The number of nitrogens with zero attached hydrogens (tertiary/aromatic N) is 3. The van der Waals surface area contributed by atoms with Crippen LogP contribution in [-0.4, -0.2) is 28.5 Å². The van der Waals surface area contributed by atoms with Gasteiger partial charge >= 0.3 is 0 Å². The van der Waals surface area contributed by atoms with Gasteiger partial charge in [-0.25, -0.2) is 9.97 Å². The highest BCUT2D eigenvalue weighted by Crippen LogP contribution is 2.36. The van der Waals surface area contributed by atoms with E-state index in [4.69, 9.17) is 0 Å². The minimum Gasteiger partial charge on any atom is -0.351 e. The van der Waals surface area contributed by atoms with Crippen LogP contribution in [0, 0.1) is 0 Å². The Kier molecular flexibility index (Phi) is 4.55. The van der Waals surface area contributed by atoms with Gasteiger partial charge in [-0.05, 0) is 31.4 Å². The van der Waals surface area contributed by atoms with Crippen LogP contribution in [0.15, 0.2) is 36.7 Å². The molecule has 23 heavy (non-hydrogen) atoms. The lowest BCUT2D eigenvalue weighted by molar-refractivity contribution is 0.0948. The summed E-state index contributed by atoms with van der Waals surface area (Å²) in [6.45, 7) is 4.95. The lowest BCUT2D eigenvalue weighted by Crippen LogP contribution is -2.28. The van der Waals surface area contributed by atoms with Crippen LogP contribution in [0.5, 0.6) is 0 Å². The molecule has 0 radical (unpaired) electrons. The molecule has 0 saturated carbocycles. The molecule has 1 unspecified atom stereocenters. The Morgan fingerprint density at radius 3 is 3.00 bits per heavy atom. The molecule has 1 N–H and O–H groups in total. The summed E-state index contributed by atoms with van der Waals surface area (Å²) >= 11 is 0. The van der Waals surface area contributed by atoms with Crippen molar-refractivity contribution in [2.75, 3.05) is 11.4 Å². The van der Waals surface area contributed by atoms with Crippen molar-refractivity contribution in [2.24, 2.45) is 0 Å².